The Bertz CT molecular complexity index is 1970. The second kappa shape index (κ2) is 9.75. The lowest BCUT2D eigenvalue weighted by molar-refractivity contribution is 0.669. The van der Waals surface area contributed by atoms with Crippen LogP contribution in [0.2, 0.25) is 0 Å². The van der Waals surface area contributed by atoms with Crippen molar-refractivity contribution in [2.24, 2.45) is 0 Å². The summed E-state index contributed by atoms with van der Waals surface area (Å²) in [6.45, 7) is 4.49. The summed E-state index contributed by atoms with van der Waals surface area (Å²) in [6, 6.07) is 40.2. The van der Waals surface area contributed by atoms with Crippen molar-refractivity contribution in [3.8, 4) is 22.3 Å². The van der Waals surface area contributed by atoms with Crippen LogP contribution in [0.25, 0.3) is 65.7 Å². The summed E-state index contributed by atoms with van der Waals surface area (Å²) in [4.78, 5) is 0. The Balaban J connectivity index is 1.39. The third kappa shape index (κ3) is 4.10. The van der Waals surface area contributed by atoms with E-state index in [-0.39, 0.29) is 0 Å². The van der Waals surface area contributed by atoms with Crippen molar-refractivity contribution in [2.45, 2.75) is 39.5 Å². The first-order valence-corrected chi connectivity index (χ1v) is 14.2. The summed E-state index contributed by atoms with van der Waals surface area (Å²) >= 11 is 0. The Hall–Kier alpha value is -4.36. The Morgan fingerprint density at radius 1 is 0.487 bits per heavy atom. The molecule has 0 spiro atoms. The van der Waals surface area contributed by atoms with E-state index < -0.39 is 0 Å². The van der Waals surface area contributed by atoms with Gasteiger partial charge < -0.3 is 4.42 Å². The van der Waals surface area contributed by atoms with Crippen molar-refractivity contribution in [1.29, 1.82) is 0 Å². The van der Waals surface area contributed by atoms with Gasteiger partial charge in [0.25, 0.3) is 0 Å². The number of hydrogen-bond donors (Lipinski definition) is 0. The Morgan fingerprint density at radius 3 is 1.90 bits per heavy atom. The molecule has 0 aliphatic rings. The molecule has 6 aromatic carbocycles. The van der Waals surface area contributed by atoms with E-state index in [0.29, 0.717) is 0 Å². The Morgan fingerprint density at radius 2 is 1.13 bits per heavy atom. The maximum Gasteiger partial charge on any atom is 0.143 e. The van der Waals surface area contributed by atoms with Crippen LogP contribution >= 0.6 is 0 Å². The largest absolute Gasteiger partial charge is 0.455 e. The molecule has 0 aliphatic heterocycles. The van der Waals surface area contributed by atoms with Gasteiger partial charge in [0.1, 0.15) is 11.2 Å². The molecule has 0 bridgehead atoms. The van der Waals surface area contributed by atoms with Crippen molar-refractivity contribution < 1.29 is 4.42 Å². The molecule has 7 rings (SSSR count). The number of furan rings is 1. The van der Waals surface area contributed by atoms with Gasteiger partial charge in [-0.2, -0.15) is 0 Å². The van der Waals surface area contributed by atoms with Crippen LogP contribution in [-0.4, -0.2) is 0 Å². The van der Waals surface area contributed by atoms with Crippen LogP contribution in [-0.2, 0) is 12.8 Å². The van der Waals surface area contributed by atoms with Crippen molar-refractivity contribution in [3.63, 3.8) is 0 Å². The highest BCUT2D eigenvalue weighted by Crippen LogP contribution is 2.40. The fraction of sp³-hybridized carbons (Fsp3) is 0.158. The molecule has 1 heterocycles. The maximum atomic E-state index is 6.52. The van der Waals surface area contributed by atoms with Gasteiger partial charge in [0.2, 0.25) is 0 Å². The molecular weight excluding hydrogens is 472 g/mol. The zero-order valence-corrected chi connectivity index (χ0v) is 22.6. The summed E-state index contributed by atoms with van der Waals surface area (Å²) in [6.07, 6.45) is 4.42. The second-order valence-electron chi connectivity index (χ2n) is 10.7. The van der Waals surface area contributed by atoms with Crippen LogP contribution in [0.3, 0.4) is 0 Å². The van der Waals surface area contributed by atoms with Crippen molar-refractivity contribution in [3.05, 3.63) is 120 Å². The summed E-state index contributed by atoms with van der Waals surface area (Å²) in [5, 5.41) is 7.62. The van der Waals surface area contributed by atoms with Crippen molar-refractivity contribution >= 4 is 43.5 Å². The molecule has 0 fully saturated rings. The molecule has 1 heteroatoms. The minimum atomic E-state index is 0.971. The molecule has 0 amide bonds. The smallest absolute Gasteiger partial charge is 0.143 e. The van der Waals surface area contributed by atoms with E-state index in [4.69, 9.17) is 4.42 Å². The van der Waals surface area contributed by atoms with Gasteiger partial charge in [0.05, 0.1) is 0 Å². The van der Waals surface area contributed by atoms with Gasteiger partial charge in [-0.3, -0.25) is 0 Å². The van der Waals surface area contributed by atoms with Gasteiger partial charge in [-0.1, -0.05) is 106 Å². The van der Waals surface area contributed by atoms with Crippen LogP contribution in [0.5, 0.6) is 0 Å². The molecule has 0 atom stereocenters. The molecule has 0 radical (unpaired) electrons. The highest BCUT2D eigenvalue weighted by molar-refractivity contribution is 6.14. The van der Waals surface area contributed by atoms with E-state index in [1.165, 1.54) is 65.7 Å². The zero-order valence-electron chi connectivity index (χ0n) is 22.6. The number of fused-ring (bicyclic) bond motifs is 6. The Labute approximate surface area is 229 Å². The molecule has 1 aromatic heterocycles. The van der Waals surface area contributed by atoms with Crippen molar-refractivity contribution in [1.82, 2.24) is 0 Å². The number of aryl methyl sites for hydroxylation is 2. The molecule has 0 saturated carbocycles. The van der Waals surface area contributed by atoms with E-state index in [2.05, 4.69) is 123 Å². The third-order valence-electron chi connectivity index (χ3n) is 8.05. The molecule has 0 unspecified atom stereocenters. The van der Waals surface area contributed by atoms with Gasteiger partial charge in [-0.15, -0.1) is 0 Å². The number of benzene rings is 6. The van der Waals surface area contributed by atoms with E-state index in [1.807, 2.05) is 0 Å². The van der Waals surface area contributed by atoms with Crippen LogP contribution < -0.4 is 0 Å². The van der Waals surface area contributed by atoms with Gasteiger partial charge >= 0.3 is 0 Å². The van der Waals surface area contributed by atoms with E-state index in [0.717, 1.165) is 36.8 Å². The average Bonchev–Trinajstić information content (AvgIpc) is 3.35. The Kier molecular flexibility index (Phi) is 5.93. The van der Waals surface area contributed by atoms with Crippen LogP contribution in [0.15, 0.2) is 114 Å². The minimum absolute atomic E-state index is 0.971. The minimum Gasteiger partial charge on any atom is -0.455 e. The quantitative estimate of drug-likeness (QED) is 0.205. The van der Waals surface area contributed by atoms with E-state index >= 15 is 0 Å². The molecule has 39 heavy (non-hydrogen) atoms. The maximum absolute atomic E-state index is 6.52. The fourth-order valence-electron chi connectivity index (χ4n) is 6.20. The van der Waals surface area contributed by atoms with Crippen LogP contribution in [0.4, 0.5) is 0 Å². The van der Waals surface area contributed by atoms with Crippen LogP contribution in [0.1, 0.15) is 37.8 Å². The average molecular weight is 505 g/mol. The number of hydrogen-bond acceptors (Lipinski definition) is 1. The molecule has 0 saturated heterocycles. The lowest BCUT2D eigenvalue weighted by Gasteiger charge is -2.12. The first-order valence-electron chi connectivity index (χ1n) is 14.2. The third-order valence-corrected chi connectivity index (χ3v) is 8.05. The highest BCUT2D eigenvalue weighted by atomic mass is 16.3. The van der Waals surface area contributed by atoms with Gasteiger partial charge in [0, 0.05) is 16.3 Å². The first kappa shape index (κ1) is 23.7. The molecule has 0 N–H and O–H groups in total. The monoisotopic (exact) mass is 504 g/mol. The predicted octanol–water partition coefficient (Wildman–Crippen LogP) is 11.1. The first-order chi connectivity index (χ1) is 19.2. The zero-order chi connectivity index (χ0) is 26.3. The van der Waals surface area contributed by atoms with E-state index in [9.17, 15) is 0 Å². The molecule has 190 valence electrons. The normalized spacial score (nSPS) is 11.7. The molecule has 1 nitrogen and oxygen atoms in total. The van der Waals surface area contributed by atoms with Crippen LogP contribution in [0, 0.1) is 0 Å². The van der Waals surface area contributed by atoms with Gasteiger partial charge in [-0.25, -0.2) is 0 Å². The van der Waals surface area contributed by atoms with Crippen molar-refractivity contribution in [2.75, 3.05) is 0 Å². The van der Waals surface area contributed by atoms with Gasteiger partial charge in [-0.05, 0) is 92.5 Å². The molecular formula is C38H32O. The molecule has 7 aromatic rings. The standard InChI is InChI=1S/C38H32O/c1-3-9-25-15-20-37-35(21-25)36-23-26(10-4-2)22-34(38(36)39-37)28-18-16-27(17-19-28)33-24-29-11-5-6-12-30(29)31-13-7-8-14-32(31)33/h5-8,11-24H,3-4,9-10H2,1-2H3. The molecule has 0 aliphatic carbocycles. The summed E-state index contributed by atoms with van der Waals surface area (Å²) < 4.78 is 6.52. The van der Waals surface area contributed by atoms with Gasteiger partial charge in [0.15, 0.2) is 0 Å². The lowest BCUT2D eigenvalue weighted by atomic mass is 9.92. The van der Waals surface area contributed by atoms with E-state index in [1.54, 1.807) is 0 Å². The SMILES string of the molecule is CCCc1ccc2oc3c(-c4ccc(-c5cc6ccccc6c6ccccc56)cc4)cc(CCC)cc3c2c1. The lowest BCUT2D eigenvalue weighted by Crippen LogP contribution is -1.88. The number of rotatable bonds is 6. The summed E-state index contributed by atoms with van der Waals surface area (Å²) in [7, 11) is 0. The highest BCUT2D eigenvalue weighted by Gasteiger charge is 2.16. The topological polar surface area (TPSA) is 13.1 Å². The fourth-order valence-corrected chi connectivity index (χ4v) is 6.20. The predicted molar refractivity (Wildman–Crippen MR) is 168 cm³/mol. The summed E-state index contributed by atoms with van der Waals surface area (Å²) in [5.74, 6) is 0. The summed E-state index contributed by atoms with van der Waals surface area (Å²) in [5.41, 5.74) is 9.58. The second-order valence-corrected chi connectivity index (χ2v) is 10.7.